The molecule has 4 rings (SSSR count). The van der Waals surface area contributed by atoms with Gasteiger partial charge in [-0.25, -0.2) is 4.98 Å². The topological polar surface area (TPSA) is 50.2 Å². The third kappa shape index (κ3) is 3.90. The number of amides is 1. The van der Waals surface area contributed by atoms with Gasteiger partial charge < -0.3 is 14.8 Å². The minimum Gasteiger partial charge on any atom is -0.355 e. The second kappa shape index (κ2) is 8.07. The first-order valence-electron chi connectivity index (χ1n) is 9.52. The van der Waals surface area contributed by atoms with Crippen molar-refractivity contribution < 1.29 is 4.79 Å². The molecule has 5 nitrogen and oxygen atoms in total. The van der Waals surface area contributed by atoms with Crippen molar-refractivity contribution in [3.63, 3.8) is 0 Å². The molecule has 1 fully saturated rings. The number of piperidine rings is 1. The second-order valence-electron chi connectivity index (χ2n) is 7.15. The Hall–Kier alpha value is -2.79. The number of carbonyl (C=O) groups excluding carboxylic acids is 1. The molecule has 1 aliphatic rings. The minimum atomic E-state index is 0.00469. The SMILES string of the molecule is Cc1cc(Cl)ccc1NC(=O)C1CCN(c2ncccc2-n2cccc2)CC1. The monoisotopic (exact) mass is 394 g/mol. The van der Waals surface area contributed by atoms with Gasteiger partial charge in [-0.2, -0.15) is 0 Å². The number of halogens is 1. The normalized spacial score (nSPS) is 14.9. The lowest BCUT2D eigenvalue weighted by atomic mass is 9.95. The van der Waals surface area contributed by atoms with E-state index in [1.165, 1.54) is 0 Å². The van der Waals surface area contributed by atoms with Gasteiger partial charge in [0.15, 0.2) is 5.82 Å². The Kier molecular flexibility index (Phi) is 5.35. The Morgan fingerprint density at radius 3 is 2.61 bits per heavy atom. The largest absolute Gasteiger partial charge is 0.355 e. The fourth-order valence-electron chi connectivity index (χ4n) is 3.68. The molecule has 0 bridgehead atoms. The van der Waals surface area contributed by atoms with E-state index in [0.717, 1.165) is 48.7 Å². The van der Waals surface area contributed by atoms with E-state index in [0.29, 0.717) is 5.02 Å². The molecule has 0 radical (unpaired) electrons. The molecule has 0 spiro atoms. The average Bonchev–Trinajstić information content (AvgIpc) is 3.25. The van der Waals surface area contributed by atoms with Gasteiger partial charge in [-0.15, -0.1) is 0 Å². The number of pyridine rings is 1. The third-order valence-corrected chi connectivity index (χ3v) is 5.50. The van der Waals surface area contributed by atoms with Gasteiger partial charge in [0, 0.05) is 48.3 Å². The third-order valence-electron chi connectivity index (χ3n) is 5.26. The number of aryl methyl sites for hydroxylation is 1. The van der Waals surface area contributed by atoms with Gasteiger partial charge in [-0.05, 0) is 67.8 Å². The van der Waals surface area contributed by atoms with Crippen LogP contribution in [-0.2, 0) is 4.79 Å². The van der Waals surface area contributed by atoms with Crippen LogP contribution in [0.2, 0.25) is 5.02 Å². The van der Waals surface area contributed by atoms with E-state index in [2.05, 4.69) is 25.8 Å². The lowest BCUT2D eigenvalue weighted by Gasteiger charge is -2.33. The predicted molar refractivity (Wildman–Crippen MR) is 113 cm³/mol. The number of nitrogens with zero attached hydrogens (tertiary/aromatic N) is 3. The fourth-order valence-corrected chi connectivity index (χ4v) is 3.91. The molecule has 0 atom stereocenters. The summed E-state index contributed by atoms with van der Waals surface area (Å²) in [5, 5.41) is 3.74. The van der Waals surface area contributed by atoms with Crippen LogP contribution in [0.1, 0.15) is 18.4 Å². The first kappa shape index (κ1) is 18.6. The molecule has 0 aliphatic carbocycles. The van der Waals surface area contributed by atoms with Crippen molar-refractivity contribution in [1.29, 1.82) is 0 Å². The minimum absolute atomic E-state index is 0.00469. The molecule has 28 heavy (non-hydrogen) atoms. The molecule has 1 N–H and O–H groups in total. The Balaban J connectivity index is 1.42. The zero-order valence-electron chi connectivity index (χ0n) is 15.8. The van der Waals surface area contributed by atoms with Gasteiger partial charge in [0.25, 0.3) is 0 Å². The van der Waals surface area contributed by atoms with Crippen molar-refractivity contribution in [3.8, 4) is 5.69 Å². The lowest BCUT2D eigenvalue weighted by Crippen LogP contribution is -2.39. The maximum Gasteiger partial charge on any atom is 0.227 e. The summed E-state index contributed by atoms with van der Waals surface area (Å²) in [6, 6.07) is 13.6. The summed E-state index contributed by atoms with van der Waals surface area (Å²) in [5.74, 6) is 1.05. The maximum absolute atomic E-state index is 12.7. The number of carbonyl (C=O) groups is 1. The number of aromatic nitrogens is 2. The molecule has 1 aliphatic heterocycles. The molecule has 1 saturated heterocycles. The van der Waals surface area contributed by atoms with Crippen molar-refractivity contribution in [2.45, 2.75) is 19.8 Å². The van der Waals surface area contributed by atoms with Gasteiger partial charge in [-0.1, -0.05) is 11.6 Å². The number of nitrogens with one attached hydrogen (secondary N) is 1. The zero-order chi connectivity index (χ0) is 19.5. The molecule has 3 aromatic rings. The second-order valence-corrected chi connectivity index (χ2v) is 7.58. The Labute approximate surface area is 170 Å². The number of hydrogen-bond donors (Lipinski definition) is 1. The molecule has 3 heterocycles. The van der Waals surface area contributed by atoms with Crippen LogP contribution < -0.4 is 10.2 Å². The summed E-state index contributed by atoms with van der Waals surface area (Å²) in [4.78, 5) is 19.6. The van der Waals surface area contributed by atoms with Gasteiger partial charge in [0.05, 0.1) is 5.69 Å². The van der Waals surface area contributed by atoms with Gasteiger partial charge in [0.2, 0.25) is 5.91 Å². The molecule has 1 aromatic carbocycles. The summed E-state index contributed by atoms with van der Waals surface area (Å²) in [5.41, 5.74) is 2.87. The summed E-state index contributed by atoms with van der Waals surface area (Å²) < 4.78 is 2.07. The highest BCUT2D eigenvalue weighted by Gasteiger charge is 2.27. The standard InChI is InChI=1S/C22H23ClN4O/c1-16-15-18(23)6-7-19(16)25-22(28)17-8-13-27(14-9-17)21-20(5-4-10-24-21)26-11-2-3-12-26/h2-7,10-12,15,17H,8-9,13-14H2,1H3,(H,25,28). The summed E-state index contributed by atoms with van der Waals surface area (Å²) >= 11 is 6.00. The van der Waals surface area contributed by atoms with Crippen LogP contribution in [0, 0.1) is 12.8 Å². The molecule has 1 amide bonds. The van der Waals surface area contributed by atoms with Crippen molar-refractivity contribution in [2.75, 3.05) is 23.3 Å². The molecular weight excluding hydrogens is 372 g/mol. The maximum atomic E-state index is 12.7. The zero-order valence-corrected chi connectivity index (χ0v) is 16.6. The van der Waals surface area contributed by atoms with Crippen LogP contribution in [0.25, 0.3) is 5.69 Å². The summed E-state index contributed by atoms with van der Waals surface area (Å²) in [6.45, 7) is 3.57. The smallest absolute Gasteiger partial charge is 0.227 e. The quantitative estimate of drug-likeness (QED) is 0.698. The van der Waals surface area contributed by atoms with Crippen LogP contribution >= 0.6 is 11.6 Å². The molecule has 0 unspecified atom stereocenters. The summed E-state index contributed by atoms with van der Waals surface area (Å²) in [7, 11) is 0. The van der Waals surface area contributed by atoms with E-state index in [1.807, 2.05) is 55.8 Å². The fraction of sp³-hybridized carbons (Fsp3) is 0.273. The number of hydrogen-bond acceptors (Lipinski definition) is 3. The van der Waals surface area contributed by atoms with E-state index in [1.54, 1.807) is 6.07 Å². The van der Waals surface area contributed by atoms with E-state index in [9.17, 15) is 4.79 Å². The van der Waals surface area contributed by atoms with Crippen LogP contribution in [0.3, 0.4) is 0 Å². The van der Waals surface area contributed by atoms with Crippen LogP contribution in [0.5, 0.6) is 0 Å². The highest BCUT2D eigenvalue weighted by atomic mass is 35.5. The van der Waals surface area contributed by atoms with Gasteiger partial charge in [-0.3, -0.25) is 4.79 Å². The highest BCUT2D eigenvalue weighted by Crippen LogP contribution is 2.28. The Bertz CT molecular complexity index is 962. The van der Waals surface area contributed by atoms with Gasteiger partial charge in [0.1, 0.15) is 0 Å². The van der Waals surface area contributed by atoms with E-state index < -0.39 is 0 Å². The first-order valence-corrected chi connectivity index (χ1v) is 9.90. The molecule has 144 valence electrons. The first-order chi connectivity index (χ1) is 13.6. The number of rotatable bonds is 4. The van der Waals surface area contributed by atoms with Crippen molar-refractivity contribution in [3.05, 3.63) is 71.6 Å². The van der Waals surface area contributed by atoms with E-state index in [4.69, 9.17) is 11.6 Å². The molecule has 2 aromatic heterocycles. The number of benzene rings is 1. The molecule has 0 saturated carbocycles. The predicted octanol–water partition coefficient (Wildman–Crippen LogP) is 4.69. The van der Waals surface area contributed by atoms with Crippen LogP contribution in [0.15, 0.2) is 61.1 Å². The van der Waals surface area contributed by atoms with E-state index in [-0.39, 0.29) is 11.8 Å². The highest BCUT2D eigenvalue weighted by molar-refractivity contribution is 6.30. The number of anilines is 2. The summed E-state index contributed by atoms with van der Waals surface area (Å²) in [6.07, 6.45) is 7.48. The Morgan fingerprint density at radius 2 is 1.89 bits per heavy atom. The van der Waals surface area contributed by atoms with Crippen LogP contribution in [0.4, 0.5) is 11.5 Å². The van der Waals surface area contributed by atoms with Gasteiger partial charge >= 0.3 is 0 Å². The Morgan fingerprint density at radius 1 is 1.14 bits per heavy atom. The van der Waals surface area contributed by atoms with Crippen molar-refractivity contribution in [1.82, 2.24) is 9.55 Å². The van der Waals surface area contributed by atoms with Crippen molar-refractivity contribution in [2.24, 2.45) is 5.92 Å². The molecular formula is C22H23ClN4O. The lowest BCUT2D eigenvalue weighted by molar-refractivity contribution is -0.120. The van der Waals surface area contributed by atoms with Crippen LogP contribution in [-0.4, -0.2) is 28.5 Å². The van der Waals surface area contributed by atoms with Crippen molar-refractivity contribution >= 4 is 29.0 Å². The van der Waals surface area contributed by atoms with E-state index >= 15 is 0 Å². The molecule has 6 heteroatoms. The average molecular weight is 395 g/mol.